The van der Waals surface area contributed by atoms with E-state index in [4.69, 9.17) is 15.4 Å². The third-order valence-electron chi connectivity index (χ3n) is 2.82. The van der Waals surface area contributed by atoms with Gasteiger partial charge in [-0.25, -0.2) is 0 Å². The number of nitrogens with zero attached hydrogens (tertiary/aromatic N) is 3. The van der Waals surface area contributed by atoms with Gasteiger partial charge in [-0.05, 0) is 24.3 Å². The van der Waals surface area contributed by atoms with E-state index in [2.05, 4.69) is 15.1 Å². The van der Waals surface area contributed by atoms with Gasteiger partial charge < -0.3 is 15.4 Å². The number of hydrogen-bond donors (Lipinski definition) is 2. The molecule has 0 bridgehead atoms. The lowest BCUT2D eigenvalue weighted by molar-refractivity contribution is 0.260. The molecule has 96 valence electrons. The molecule has 0 saturated heterocycles. The number of benzene rings is 1. The van der Waals surface area contributed by atoms with Crippen molar-refractivity contribution in [2.45, 2.75) is 6.04 Å². The monoisotopic (exact) mass is 256 g/mol. The number of nitrogens with two attached hydrogens (primary N) is 1. The molecule has 3 N–H and O–H groups in total. The van der Waals surface area contributed by atoms with Crippen molar-refractivity contribution >= 4 is 10.9 Å². The van der Waals surface area contributed by atoms with Crippen molar-refractivity contribution in [3.8, 4) is 11.5 Å². The van der Waals surface area contributed by atoms with Crippen LogP contribution in [0.2, 0.25) is 0 Å². The van der Waals surface area contributed by atoms with Gasteiger partial charge in [0.2, 0.25) is 0 Å². The lowest BCUT2D eigenvalue weighted by Gasteiger charge is -1.99. The first-order chi connectivity index (χ1) is 9.28. The number of hydrogen-bond acceptors (Lipinski definition) is 6. The summed E-state index contributed by atoms with van der Waals surface area (Å²) in [6.07, 6.45) is 1.74. The molecule has 19 heavy (non-hydrogen) atoms. The zero-order valence-electron chi connectivity index (χ0n) is 10.0. The quantitative estimate of drug-likeness (QED) is 0.732. The van der Waals surface area contributed by atoms with Gasteiger partial charge in [0.15, 0.2) is 5.82 Å². The minimum atomic E-state index is -0.625. The summed E-state index contributed by atoms with van der Waals surface area (Å²) in [5.41, 5.74) is 7.33. The van der Waals surface area contributed by atoms with Crippen molar-refractivity contribution in [1.29, 1.82) is 0 Å². The van der Waals surface area contributed by atoms with Gasteiger partial charge in [0.05, 0.1) is 18.2 Å². The van der Waals surface area contributed by atoms with E-state index < -0.39 is 6.04 Å². The maximum Gasteiger partial charge on any atom is 0.258 e. The molecule has 0 amide bonds. The summed E-state index contributed by atoms with van der Waals surface area (Å²) in [4.78, 5) is 8.42. The predicted molar refractivity (Wildman–Crippen MR) is 69.0 cm³/mol. The fourth-order valence-corrected chi connectivity index (χ4v) is 1.79. The summed E-state index contributed by atoms with van der Waals surface area (Å²) in [5.74, 6) is 0.674. The van der Waals surface area contributed by atoms with Crippen LogP contribution in [0.3, 0.4) is 0 Å². The van der Waals surface area contributed by atoms with Gasteiger partial charge in [-0.3, -0.25) is 4.98 Å². The SMILES string of the molecule is NC(CO)c1noc(-c2ccc3ncccc3c2)n1. The molecule has 0 aliphatic heterocycles. The fraction of sp³-hybridized carbons (Fsp3) is 0.154. The van der Waals surface area contributed by atoms with Crippen LogP contribution < -0.4 is 5.73 Å². The van der Waals surface area contributed by atoms with Gasteiger partial charge in [-0.2, -0.15) is 4.98 Å². The minimum absolute atomic E-state index is 0.222. The number of aliphatic hydroxyl groups is 1. The molecule has 0 saturated carbocycles. The van der Waals surface area contributed by atoms with Gasteiger partial charge in [-0.1, -0.05) is 11.2 Å². The smallest absolute Gasteiger partial charge is 0.258 e. The molecule has 1 aromatic carbocycles. The number of fused-ring (bicyclic) bond motifs is 1. The maximum absolute atomic E-state index is 8.95. The van der Waals surface area contributed by atoms with Crippen molar-refractivity contribution in [3.05, 3.63) is 42.4 Å². The van der Waals surface area contributed by atoms with Crippen LogP contribution in [0.15, 0.2) is 41.1 Å². The first-order valence-electron chi connectivity index (χ1n) is 5.83. The van der Waals surface area contributed by atoms with E-state index in [-0.39, 0.29) is 6.61 Å². The van der Waals surface area contributed by atoms with Crippen molar-refractivity contribution in [3.63, 3.8) is 0 Å². The highest BCUT2D eigenvalue weighted by Gasteiger charge is 2.14. The van der Waals surface area contributed by atoms with E-state index >= 15 is 0 Å². The van der Waals surface area contributed by atoms with E-state index in [1.807, 2.05) is 30.3 Å². The number of aromatic nitrogens is 3. The summed E-state index contributed by atoms with van der Waals surface area (Å²) in [6.45, 7) is -0.222. The standard InChI is InChI=1S/C13H12N4O2/c14-10(7-18)12-16-13(19-17-12)9-3-4-11-8(6-9)2-1-5-15-11/h1-6,10,18H,7,14H2. The lowest BCUT2D eigenvalue weighted by Crippen LogP contribution is -2.15. The van der Waals surface area contributed by atoms with Crippen LogP contribution in [0.1, 0.15) is 11.9 Å². The molecule has 1 atom stereocenters. The molecule has 0 aliphatic rings. The van der Waals surface area contributed by atoms with Crippen LogP contribution in [0.4, 0.5) is 0 Å². The van der Waals surface area contributed by atoms with E-state index in [0.717, 1.165) is 16.5 Å². The Bertz CT molecular complexity index is 710. The van der Waals surface area contributed by atoms with E-state index in [1.165, 1.54) is 0 Å². The summed E-state index contributed by atoms with van der Waals surface area (Å²) in [5, 5.41) is 13.7. The second-order valence-electron chi connectivity index (χ2n) is 4.16. The molecule has 0 aliphatic carbocycles. The van der Waals surface area contributed by atoms with Gasteiger partial charge in [0.25, 0.3) is 5.89 Å². The van der Waals surface area contributed by atoms with Gasteiger partial charge in [-0.15, -0.1) is 0 Å². The fourth-order valence-electron chi connectivity index (χ4n) is 1.79. The molecule has 3 rings (SSSR count). The highest BCUT2D eigenvalue weighted by molar-refractivity contribution is 5.82. The lowest BCUT2D eigenvalue weighted by atomic mass is 10.1. The third kappa shape index (κ3) is 2.18. The Kier molecular flexibility index (Phi) is 2.94. The third-order valence-corrected chi connectivity index (χ3v) is 2.82. The number of pyridine rings is 1. The molecule has 0 radical (unpaired) electrons. The molecule has 6 nitrogen and oxygen atoms in total. The average molecular weight is 256 g/mol. The van der Waals surface area contributed by atoms with Gasteiger partial charge >= 0.3 is 0 Å². The minimum Gasteiger partial charge on any atom is -0.394 e. The molecule has 2 aromatic heterocycles. The molecule has 0 fully saturated rings. The van der Waals surface area contributed by atoms with E-state index in [9.17, 15) is 0 Å². The molecular weight excluding hydrogens is 244 g/mol. The molecule has 0 spiro atoms. The molecular formula is C13H12N4O2. The molecule has 1 unspecified atom stereocenters. The highest BCUT2D eigenvalue weighted by Crippen LogP contribution is 2.22. The zero-order valence-corrected chi connectivity index (χ0v) is 10.0. The summed E-state index contributed by atoms with van der Waals surface area (Å²) >= 11 is 0. The Morgan fingerprint density at radius 3 is 3.05 bits per heavy atom. The summed E-state index contributed by atoms with van der Waals surface area (Å²) in [7, 11) is 0. The van der Waals surface area contributed by atoms with E-state index in [0.29, 0.717) is 11.7 Å². The van der Waals surface area contributed by atoms with Gasteiger partial charge in [0.1, 0.15) is 0 Å². The van der Waals surface area contributed by atoms with Crippen LogP contribution in [-0.4, -0.2) is 26.8 Å². The normalized spacial score (nSPS) is 12.7. The Morgan fingerprint density at radius 2 is 2.21 bits per heavy atom. The molecule has 2 heterocycles. The van der Waals surface area contributed by atoms with Crippen molar-refractivity contribution in [2.24, 2.45) is 5.73 Å². The van der Waals surface area contributed by atoms with Crippen LogP contribution >= 0.6 is 0 Å². The Labute approximate surface area is 108 Å². The first kappa shape index (κ1) is 11.8. The summed E-state index contributed by atoms with van der Waals surface area (Å²) in [6, 6.07) is 8.87. The second kappa shape index (κ2) is 4.75. The molecule has 6 heteroatoms. The molecule has 3 aromatic rings. The number of aliphatic hydroxyl groups excluding tert-OH is 1. The topological polar surface area (TPSA) is 98.1 Å². The zero-order chi connectivity index (χ0) is 13.2. The van der Waals surface area contributed by atoms with Gasteiger partial charge in [0, 0.05) is 17.1 Å². The Hall–Kier alpha value is -2.31. The highest BCUT2D eigenvalue weighted by atomic mass is 16.5. The largest absolute Gasteiger partial charge is 0.394 e. The van der Waals surface area contributed by atoms with Crippen molar-refractivity contribution in [2.75, 3.05) is 6.61 Å². The van der Waals surface area contributed by atoms with Crippen LogP contribution in [0.5, 0.6) is 0 Å². The van der Waals surface area contributed by atoms with E-state index in [1.54, 1.807) is 6.20 Å². The van der Waals surface area contributed by atoms with Crippen LogP contribution in [0.25, 0.3) is 22.4 Å². The average Bonchev–Trinajstić information content (AvgIpc) is 2.95. The first-order valence-corrected chi connectivity index (χ1v) is 5.83. The Morgan fingerprint density at radius 1 is 1.32 bits per heavy atom. The van der Waals surface area contributed by atoms with Crippen molar-refractivity contribution in [1.82, 2.24) is 15.1 Å². The number of rotatable bonds is 3. The summed E-state index contributed by atoms with van der Waals surface area (Å²) < 4.78 is 5.15. The van der Waals surface area contributed by atoms with Crippen molar-refractivity contribution < 1.29 is 9.63 Å². The second-order valence-corrected chi connectivity index (χ2v) is 4.16. The maximum atomic E-state index is 8.95. The predicted octanol–water partition coefficient (Wildman–Crippen LogP) is 1.28. The van der Waals surface area contributed by atoms with Crippen LogP contribution in [-0.2, 0) is 0 Å². The Balaban J connectivity index is 2.01. The van der Waals surface area contributed by atoms with Crippen LogP contribution in [0, 0.1) is 0 Å².